The molecule has 0 radical (unpaired) electrons. The van der Waals surface area contributed by atoms with Crippen molar-refractivity contribution in [2.45, 2.75) is 270 Å². The molecule has 0 heterocycles. The molecule has 0 aromatic carbocycles. The minimum atomic E-state index is -1.51. The summed E-state index contributed by atoms with van der Waals surface area (Å²) in [6, 6.07) is 0. The van der Waals surface area contributed by atoms with Crippen LogP contribution in [0.25, 0.3) is 0 Å². The number of esters is 2. The van der Waals surface area contributed by atoms with Gasteiger partial charge in [-0.15, -0.1) is 0 Å². The predicted molar refractivity (Wildman–Crippen MR) is 336 cm³/mol. The predicted octanol–water partition coefficient (Wildman–Crippen LogP) is 19.5. The van der Waals surface area contributed by atoms with E-state index >= 15 is 0 Å². The van der Waals surface area contributed by atoms with Crippen molar-refractivity contribution in [3.63, 3.8) is 0 Å². The fourth-order valence-electron chi connectivity index (χ4n) is 8.65. The Bertz CT molecular complexity index is 1660. The second-order valence-electron chi connectivity index (χ2n) is 22.3. The van der Waals surface area contributed by atoms with Gasteiger partial charge in [-0.1, -0.05) is 271 Å². The number of carboxylic acids is 1. The van der Waals surface area contributed by atoms with Gasteiger partial charge in [-0.05, 0) is 83.5 Å². The number of hydrogen-bond donors (Lipinski definition) is 1. The molecule has 1 N–H and O–H groups in total. The molecule has 2 atom stereocenters. The van der Waals surface area contributed by atoms with Gasteiger partial charge in [0.05, 0.1) is 34.4 Å². The number of ether oxygens (including phenoxy) is 4. The van der Waals surface area contributed by atoms with Gasteiger partial charge in [0.25, 0.3) is 6.29 Å². The fraction of sp³-hybridized carbons (Fsp3) is 0.700. The number of rotatable bonds is 58. The summed E-state index contributed by atoms with van der Waals surface area (Å²) in [5.74, 6) is -2.00. The van der Waals surface area contributed by atoms with E-state index in [0.29, 0.717) is 17.4 Å². The van der Waals surface area contributed by atoms with Crippen LogP contribution in [0.3, 0.4) is 0 Å². The zero-order valence-electron chi connectivity index (χ0n) is 51.5. The standard InChI is InChI=1S/C70H119NO8/c1-6-8-10-12-14-16-18-20-21-22-23-24-25-26-27-28-29-30-31-32-33-34-35-36-37-38-39-40-41-42-43-44-45-46-47-49-51-53-55-57-59-61-68(73)79-66(65-78-70(69(74)75)76-63-62-71(3,4)5)64-77-67(72)60-58-56-54-52-50-48-19-17-15-13-11-9-7-2/h8,10,14,16,20-21,23-24,26-27,29-30,32-33,35-36,38-39,66,70H,6-7,9,11-13,15,17-19,22,25,28,31,34,37,40-65H2,1-5H3/p+1/b10-8-,16-14-,21-20-,24-23-,27-26-,30-29-,33-32-,36-35-,39-38-. The Hall–Kier alpha value is -4.05. The van der Waals surface area contributed by atoms with Gasteiger partial charge >= 0.3 is 17.9 Å². The first-order valence-electron chi connectivity index (χ1n) is 32.1. The molecule has 0 bridgehead atoms. The van der Waals surface area contributed by atoms with Crippen LogP contribution < -0.4 is 0 Å². The molecule has 0 amide bonds. The summed E-state index contributed by atoms with van der Waals surface area (Å²) in [7, 11) is 5.97. The molecule has 0 aliphatic rings. The number of aliphatic carboxylic acids is 1. The maximum Gasteiger partial charge on any atom is 0.361 e. The van der Waals surface area contributed by atoms with E-state index in [1.165, 1.54) is 128 Å². The largest absolute Gasteiger partial charge is 0.477 e. The number of quaternary nitrogens is 1. The molecule has 79 heavy (non-hydrogen) atoms. The number of allylic oxidation sites excluding steroid dienone is 18. The van der Waals surface area contributed by atoms with Crippen LogP contribution in [0.2, 0.25) is 0 Å². The summed E-state index contributed by atoms with van der Waals surface area (Å²) in [5.41, 5.74) is 0. The number of carboxylic acid groups (broad SMARTS) is 1. The zero-order valence-corrected chi connectivity index (χ0v) is 51.5. The lowest BCUT2D eigenvalue weighted by atomic mass is 10.0. The van der Waals surface area contributed by atoms with Crippen molar-refractivity contribution in [3.8, 4) is 0 Å². The van der Waals surface area contributed by atoms with Gasteiger partial charge in [0.2, 0.25) is 0 Å². The SMILES string of the molecule is CC/C=C\C/C=C\C/C=C\C/C=C\C/C=C\C/C=C\C/C=C\C/C=C\C/C=C\CCCCCCCCCCCCCCCC(=O)OC(COC(=O)CCCCCCCCCCCCCCC)COC(OCC[N+](C)(C)C)C(=O)O. The number of unbranched alkanes of at least 4 members (excludes halogenated alkanes) is 25. The van der Waals surface area contributed by atoms with Crippen LogP contribution in [0.15, 0.2) is 109 Å². The van der Waals surface area contributed by atoms with Crippen molar-refractivity contribution in [2.75, 3.05) is 47.5 Å². The van der Waals surface area contributed by atoms with Crippen LogP contribution in [0, 0.1) is 0 Å². The van der Waals surface area contributed by atoms with Crippen LogP contribution in [0.4, 0.5) is 0 Å². The van der Waals surface area contributed by atoms with Crippen LogP contribution in [-0.4, -0.2) is 87.4 Å². The lowest BCUT2D eigenvalue weighted by Crippen LogP contribution is -2.40. The Morgan fingerprint density at radius 3 is 1.08 bits per heavy atom. The summed E-state index contributed by atoms with van der Waals surface area (Å²) < 4.78 is 22.9. The van der Waals surface area contributed by atoms with Gasteiger partial charge in [0, 0.05) is 12.8 Å². The lowest BCUT2D eigenvalue weighted by molar-refractivity contribution is -0.870. The maximum atomic E-state index is 12.9. The van der Waals surface area contributed by atoms with Crippen molar-refractivity contribution < 1.29 is 42.9 Å². The Morgan fingerprint density at radius 2 is 0.722 bits per heavy atom. The number of carbonyl (C=O) groups excluding carboxylic acids is 2. The summed E-state index contributed by atoms with van der Waals surface area (Å²) in [6.07, 6.45) is 80.5. The third-order valence-corrected chi connectivity index (χ3v) is 13.5. The Balaban J connectivity index is 4.06. The van der Waals surface area contributed by atoms with E-state index in [2.05, 4.69) is 123 Å². The van der Waals surface area contributed by atoms with Gasteiger partial charge in [0.15, 0.2) is 6.10 Å². The maximum absolute atomic E-state index is 12.9. The third kappa shape index (κ3) is 61.4. The van der Waals surface area contributed by atoms with Crippen molar-refractivity contribution in [3.05, 3.63) is 109 Å². The van der Waals surface area contributed by atoms with Gasteiger partial charge in [-0.25, -0.2) is 4.79 Å². The van der Waals surface area contributed by atoms with E-state index in [9.17, 15) is 19.5 Å². The summed E-state index contributed by atoms with van der Waals surface area (Å²) >= 11 is 0. The molecule has 0 saturated carbocycles. The molecular weight excluding hydrogens is 983 g/mol. The number of hydrogen-bond acceptors (Lipinski definition) is 7. The van der Waals surface area contributed by atoms with E-state index in [0.717, 1.165) is 103 Å². The summed E-state index contributed by atoms with van der Waals surface area (Å²) in [6.45, 7) is 4.77. The molecule has 0 rings (SSSR count). The van der Waals surface area contributed by atoms with Crippen molar-refractivity contribution >= 4 is 17.9 Å². The van der Waals surface area contributed by atoms with E-state index in [1.807, 2.05) is 21.1 Å². The van der Waals surface area contributed by atoms with Crippen LogP contribution in [0.1, 0.15) is 258 Å². The molecule has 2 unspecified atom stereocenters. The molecule has 0 aliphatic carbocycles. The van der Waals surface area contributed by atoms with E-state index < -0.39 is 24.3 Å². The second-order valence-corrected chi connectivity index (χ2v) is 22.3. The number of likely N-dealkylation sites (N-methyl/N-ethyl adjacent to an activating group) is 1. The van der Waals surface area contributed by atoms with Gasteiger partial charge < -0.3 is 28.5 Å². The van der Waals surface area contributed by atoms with Gasteiger partial charge in [-0.3, -0.25) is 9.59 Å². The highest BCUT2D eigenvalue weighted by atomic mass is 16.7. The van der Waals surface area contributed by atoms with Crippen molar-refractivity contribution in [1.82, 2.24) is 0 Å². The molecule has 0 aliphatic heterocycles. The Kier molecular flexibility index (Phi) is 57.0. The summed E-state index contributed by atoms with van der Waals surface area (Å²) in [4.78, 5) is 37.4. The van der Waals surface area contributed by atoms with Gasteiger partial charge in [0.1, 0.15) is 13.2 Å². The molecule has 0 aromatic heterocycles. The topological polar surface area (TPSA) is 108 Å². The molecule has 0 fully saturated rings. The average molecular weight is 1100 g/mol. The average Bonchev–Trinajstić information content (AvgIpc) is 3.42. The number of carbonyl (C=O) groups is 3. The monoisotopic (exact) mass is 1100 g/mol. The highest BCUT2D eigenvalue weighted by Crippen LogP contribution is 2.16. The molecule has 452 valence electrons. The zero-order chi connectivity index (χ0) is 57.6. The van der Waals surface area contributed by atoms with Crippen molar-refractivity contribution in [1.29, 1.82) is 0 Å². The molecule has 0 aromatic rings. The third-order valence-electron chi connectivity index (χ3n) is 13.5. The van der Waals surface area contributed by atoms with E-state index in [4.69, 9.17) is 18.9 Å². The van der Waals surface area contributed by atoms with Crippen LogP contribution >= 0.6 is 0 Å². The van der Waals surface area contributed by atoms with Crippen molar-refractivity contribution in [2.24, 2.45) is 0 Å². The Morgan fingerprint density at radius 1 is 0.392 bits per heavy atom. The fourth-order valence-corrected chi connectivity index (χ4v) is 8.65. The molecule has 0 spiro atoms. The lowest BCUT2D eigenvalue weighted by Gasteiger charge is -2.25. The minimum absolute atomic E-state index is 0.183. The van der Waals surface area contributed by atoms with Crippen LogP contribution in [0.5, 0.6) is 0 Å². The first-order valence-corrected chi connectivity index (χ1v) is 32.1. The van der Waals surface area contributed by atoms with Gasteiger partial charge in [-0.2, -0.15) is 0 Å². The Labute approximate surface area is 485 Å². The molecule has 9 nitrogen and oxygen atoms in total. The molecule has 0 saturated heterocycles. The minimum Gasteiger partial charge on any atom is -0.477 e. The highest BCUT2D eigenvalue weighted by Gasteiger charge is 2.25. The summed E-state index contributed by atoms with van der Waals surface area (Å²) in [5, 5.41) is 9.70. The second kappa shape index (κ2) is 60.1. The normalized spacial score (nSPS) is 13.5. The first-order chi connectivity index (χ1) is 38.6. The van der Waals surface area contributed by atoms with Crippen LogP contribution in [-0.2, 0) is 33.3 Å². The quantitative estimate of drug-likeness (QED) is 0.0211. The smallest absolute Gasteiger partial charge is 0.361 e. The van der Waals surface area contributed by atoms with E-state index in [-0.39, 0.29) is 32.2 Å². The number of nitrogens with zero attached hydrogens (tertiary/aromatic N) is 1. The molecular formula is C70H120NO8+. The van der Waals surface area contributed by atoms with E-state index in [1.54, 1.807) is 0 Å². The molecule has 9 heteroatoms. The highest BCUT2D eigenvalue weighted by molar-refractivity contribution is 5.71. The first kappa shape index (κ1) is 75.0.